The Morgan fingerprint density at radius 1 is 1.14 bits per heavy atom. The number of methoxy groups -OCH3 is 1. The second-order valence-corrected chi connectivity index (χ2v) is 13.4. The Hall–Kier alpha value is -3.58. The molecule has 2 heterocycles. The molecule has 0 spiro atoms. The molecule has 2 amide bonds. The number of halogens is 7. The highest BCUT2D eigenvalue weighted by Crippen LogP contribution is 3.02. The molecule has 1 aromatic carbocycles. The van der Waals surface area contributed by atoms with E-state index in [0.717, 1.165) is 9.80 Å². The topological polar surface area (TPSA) is 98.6 Å². The number of rotatable bonds is 8. The van der Waals surface area contributed by atoms with Gasteiger partial charge in [-0.3, -0.25) is 24.4 Å². The van der Waals surface area contributed by atoms with E-state index in [1.165, 1.54) is 38.6 Å². The number of pyridine rings is 1. The van der Waals surface area contributed by atoms with Gasteiger partial charge in [-0.25, -0.2) is 8.78 Å². The first-order valence-electron chi connectivity index (χ1n) is 13.2. The zero-order valence-electron chi connectivity index (χ0n) is 23.2. The number of amides is 2. The second-order valence-electron chi connectivity index (χ2n) is 11.0. The van der Waals surface area contributed by atoms with Crippen LogP contribution in [-0.2, 0) is 14.3 Å². The smallest absolute Gasteiger partial charge is 0.310 e. The molecule has 2 unspecified atom stereocenters. The van der Waals surface area contributed by atoms with Crippen LogP contribution in [0.1, 0.15) is 50.6 Å². The number of alkyl halides is 2. The Morgan fingerprint density at radius 2 is 1.77 bits per heavy atom. The van der Waals surface area contributed by atoms with Gasteiger partial charge in [0.15, 0.2) is 6.19 Å². The molecule has 236 valence electrons. The Morgan fingerprint density at radius 3 is 2.28 bits per heavy atom. The number of benzene rings is 1. The third kappa shape index (κ3) is 6.98. The zero-order chi connectivity index (χ0) is 31.9. The molecule has 1 saturated heterocycles. The van der Waals surface area contributed by atoms with Crippen LogP contribution < -0.4 is 10.2 Å². The number of nitrogens with one attached hydrogen (secondary N) is 1. The van der Waals surface area contributed by atoms with Gasteiger partial charge in [-0.15, -0.1) is 0 Å². The molecule has 1 aromatic heterocycles. The first kappa shape index (κ1) is 32.3. The molecule has 1 aliphatic heterocycles. The molecule has 3 atom stereocenters. The maximum absolute atomic E-state index is 14.4. The highest BCUT2D eigenvalue weighted by atomic mass is 32.5. The fourth-order valence-corrected chi connectivity index (χ4v) is 6.11. The summed E-state index contributed by atoms with van der Waals surface area (Å²) in [6.07, 6.45) is 2.76. The lowest BCUT2D eigenvalue weighted by Crippen LogP contribution is -2.57. The second kappa shape index (κ2) is 10.5. The molecule has 43 heavy (non-hydrogen) atoms. The molecule has 16 heteroatoms. The maximum atomic E-state index is 14.4. The van der Waals surface area contributed by atoms with E-state index in [0.29, 0.717) is 12.1 Å². The molecule has 1 N–H and O–H groups in total. The van der Waals surface area contributed by atoms with Crippen molar-refractivity contribution >= 4 is 27.7 Å². The lowest BCUT2D eigenvalue weighted by molar-refractivity contribution is -0.131. The number of nitrogens with zero attached hydrogens (tertiary/aromatic N) is 4. The van der Waals surface area contributed by atoms with Crippen LogP contribution in [-0.4, -0.2) is 59.0 Å². The number of nitriles is 1. The lowest BCUT2D eigenvalue weighted by Gasteiger charge is -2.41. The molecule has 2 aliphatic rings. The highest BCUT2D eigenvalue weighted by Gasteiger charge is 2.65. The monoisotopic (exact) mass is 637 g/mol. The van der Waals surface area contributed by atoms with Gasteiger partial charge in [-0.1, -0.05) is 25.5 Å². The van der Waals surface area contributed by atoms with Crippen molar-refractivity contribution in [1.29, 1.82) is 5.26 Å². The minimum Gasteiger partial charge on any atom is -0.379 e. The summed E-state index contributed by atoms with van der Waals surface area (Å²) in [6, 6.07) is 2.06. The van der Waals surface area contributed by atoms with E-state index < -0.39 is 69.4 Å². The van der Waals surface area contributed by atoms with Crippen molar-refractivity contribution < 1.29 is 42.5 Å². The van der Waals surface area contributed by atoms with Crippen molar-refractivity contribution in [3.8, 4) is 6.19 Å². The minimum atomic E-state index is -10.1. The predicted molar refractivity (Wildman–Crippen MR) is 144 cm³/mol. The Balaban J connectivity index is 1.84. The third-order valence-electron chi connectivity index (χ3n) is 7.87. The van der Waals surface area contributed by atoms with Gasteiger partial charge in [0.1, 0.15) is 16.5 Å². The van der Waals surface area contributed by atoms with Gasteiger partial charge in [0.2, 0.25) is 11.8 Å². The number of carbonyl (C=O) groups is 2. The van der Waals surface area contributed by atoms with Crippen molar-refractivity contribution in [1.82, 2.24) is 15.2 Å². The van der Waals surface area contributed by atoms with Crippen LogP contribution in [0, 0.1) is 11.5 Å². The van der Waals surface area contributed by atoms with Crippen LogP contribution in [0.3, 0.4) is 0 Å². The van der Waals surface area contributed by atoms with Crippen LogP contribution in [0.25, 0.3) is 0 Å². The van der Waals surface area contributed by atoms with Crippen molar-refractivity contribution in [2.24, 2.45) is 0 Å². The fourth-order valence-electron chi connectivity index (χ4n) is 5.46. The molecule has 0 radical (unpaired) electrons. The van der Waals surface area contributed by atoms with Gasteiger partial charge in [0, 0.05) is 56.1 Å². The molecule has 1 aliphatic carbocycles. The molecule has 1 saturated carbocycles. The summed E-state index contributed by atoms with van der Waals surface area (Å²) in [4.78, 5) is 32.0. The highest BCUT2D eigenvalue weighted by molar-refractivity contribution is 8.45. The van der Waals surface area contributed by atoms with Crippen molar-refractivity contribution in [3.05, 3.63) is 54.4 Å². The number of carbonyl (C=O) groups excluding carboxylic acids is 2. The summed E-state index contributed by atoms with van der Waals surface area (Å²) in [5.74, 6) is -4.67. The van der Waals surface area contributed by atoms with Crippen LogP contribution in [0.2, 0.25) is 0 Å². The van der Waals surface area contributed by atoms with E-state index in [4.69, 9.17) is 4.74 Å². The molecule has 2 aromatic rings. The lowest BCUT2D eigenvalue weighted by atomic mass is 9.91. The molecular weight excluding hydrogens is 607 g/mol. The van der Waals surface area contributed by atoms with Crippen LogP contribution in [0.5, 0.6) is 0 Å². The van der Waals surface area contributed by atoms with Gasteiger partial charge in [0.25, 0.3) is 5.91 Å². The summed E-state index contributed by atoms with van der Waals surface area (Å²) in [5, 5.41) is 12.5. The molecule has 2 fully saturated rings. The minimum absolute atomic E-state index is 0.00766. The van der Waals surface area contributed by atoms with Crippen LogP contribution in [0.4, 0.5) is 33.9 Å². The summed E-state index contributed by atoms with van der Waals surface area (Å²) in [7, 11) is -8.72. The normalized spacial score (nSPS) is 24.7. The zero-order valence-corrected chi connectivity index (χ0v) is 24.0. The summed E-state index contributed by atoms with van der Waals surface area (Å²) in [6.45, 7) is 1.39. The quantitative estimate of drug-likeness (QED) is 0.263. The van der Waals surface area contributed by atoms with E-state index in [1.807, 2.05) is 6.19 Å². The van der Waals surface area contributed by atoms with Gasteiger partial charge in [0.05, 0.1) is 12.6 Å². The standard InChI is InChI=1S/C27H30F7N5O3S/c1-26(14-21(42-2)16-38(26)17-35)25(41)39(20-5-7-22(8-6-20)43(30,31,32,33)34)23(18-4-3-13-36-15-18)24(40)37-19-9-11-27(28,29)12-10-19/h3-8,13,15,19,21,23H,9-12,14,16H2,1-2H3,(H,37,40)/t21?,23?,26-/m1/s1. The van der Waals surface area contributed by atoms with Crippen LogP contribution in [0.15, 0.2) is 53.7 Å². The Labute approximate surface area is 243 Å². The summed E-state index contributed by atoms with van der Waals surface area (Å²) >= 11 is 0. The van der Waals surface area contributed by atoms with Gasteiger partial charge < -0.3 is 10.1 Å². The fraction of sp³-hybridized carbons (Fsp3) is 0.481. The predicted octanol–water partition coefficient (Wildman–Crippen LogP) is 6.47. The van der Waals surface area contributed by atoms with E-state index >= 15 is 0 Å². The first-order valence-corrected chi connectivity index (χ1v) is 15.2. The van der Waals surface area contributed by atoms with E-state index in [9.17, 15) is 43.1 Å². The number of ether oxygens (including phenoxy) is 1. The van der Waals surface area contributed by atoms with Gasteiger partial charge in [-0.05, 0) is 50.1 Å². The maximum Gasteiger partial charge on any atom is 0.310 e. The number of aromatic nitrogens is 1. The largest absolute Gasteiger partial charge is 0.379 e. The third-order valence-corrected chi connectivity index (χ3v) is 9.03. The van der Waals surface area contributed by atoms with Crippen LogP contribution >= 0.6 is 10.2 Å². The van der Waals surface area contributed by atoms with E-state index in [-0.39, 0.29) is 49.2 Å². The average molecular weight is 638 g/mol. The Kier molecular flexibility index (Phi) is 7.93. The summed E-state index contributed by atoms with van der Waals surface area (Å²) < 4.78 is 101. The van der Waals surface area contributed by atoms with Gasteiger partial charge in [-0.2, -0.15) is 5.26 Å². The SMILES string of the molecule is COC1CN(C#N)[C@@](C)(C(=O)N(c2ccc(S(F)(F)(F)(F)F)cc2)C(C(=O)NC2CCC(F)(F)CC2)c2cccnc2)C1. The molecule has 4 rings (SSSR count). The average Bonchev–Trinajstić information content (AvgIpc) is 3.28. The molecule has 0 bridgehead atoms. The number of likely N-dealkylation sites (tertiary alicyclic amines) is 1. The van der Waals surface area contributed by atoms with E-state index in [2.05, 4.69) is 10.3 Å². The first-order chi connectivity index (χ1) is 19.8. The Bertz CT molecular complexity index is 1400. The molecular formula is C27H30F7N5O3S. The van der Waals surface area contributed by atoms with Crippen molar-refractivity contribution in [3.63, 3.8) is 0 Å². The van der Waals surface area contributed by atoms with Crippen molar-refractivity contribution in [2.45, 2.75) is 73.6 Å². The number of anilines is 1. The van der Waals surface area contributed by atoms with Crippen molar-refractivity contribution in [2.75, 3.05) is 18.6 Å². The molecule has 8 nitrogen and oxygen atoms in total. The number of hydrogen-bond donors (Lipinski definition) is 1. The summed E-state index contributed by atoms with van der Waals surface area (Å²) in [5.41, 5.74) is -1.92. The number of hydrogen-bond acceptors (Lipinski definition) is 6. The van der Waals surface area contributed by atoms with E-state index in [1.54, 1.807) is 0 Å². The van der Waals surface area contributed by atoms with Gasteiger partial charge >= 0.3 is 10.2 Å².